The summed E-state index contributed by atoms with van der Waals surface area (Å²) < 4.78 is 6.81. The summed E-state index contributed by atoms with van der Waals surface area (Å²) in [6.07, 6.45) is 0. The number of benzene rings is 2. The zero-order valence-electron chi connectivity index (χ0n) is 10.1. The Balaban J connectivity index is 2.26. The van der Waals surface area contributed by atoms with Crippen LogP contribution in [0.2, 0.25) is 0 Å². The molecule has 0 atom stereocenters. The second-order valence-electron chi connectivity index (χ2n) is 3.79. The molecule has 2 rings (SSSR count). The molecule has 0 spiro atoms. The second-order valence-corrected chi connectivity index (χ2v) is 5.50. The van der Waals surface area contributed by atoms with Gasteiger partial charge in [0.1, 0.15) is 5.75 Å². The van der Waals surface area contributed by atoms with Crippen molar-refractivity contribution in [3.05, 3.63) is 57.0 Å². The highest BCUT2D eigenvalue weighted by Crippen LogP contribution is 2.34. The predicted molar refractivity (Wildman–Crippen MR) is 82.8 cm³/mol. The summed E-state index contributed by atoms with van der Waals surface area (Å²) in [4.78, 5) is 12.1. The highest BCUT2D eigenvalue weighted by atomic mass is 79.9. The Bertz CT molecular complexity index is 600. The molecule has 5 heteroatoms. The molecule has 0 unspecified atom stereocenters. The molecule has 1 N–H and O–H groups in total. The Morgan fingerprint density at radius 2 is 1.79 bits per heavy atom. The summed E-state index contributed by atoms with van der Waals surface area (Å²) in [6.45, 7) is 0. The quantitative estimate of drug-likeness (QED) is 0.847. The van der Waals surface area contributed by atoms with Gasteiger partial charge in [-0.3, -0.25) is 4.79 Å². The first-order valence-corrected chi connectivity index (χ1v) is 7.10. The standard InChI is InChI=1S/C14H11Br2NO2/c1-19-13-8-12(10(15)7-11(13)16)17-14(18)9-5-3-2-4-6-9/h2-8H,1H3,(H,17,18). The van der Waals surface area contributed by atoms with Gasteiger partial charge in [0.25, 0.3) is 5.91 Å². The van der Waals surface area contributed by atoms with Crippen LogP contribution < -0.4 is 10.1 Å². The van der Waals surface area contributed by atoms with Gasteiger partial charge in [-0.05, 0) is 50.1 Å². The Hall–Kier alpha value is -1.33. The van der Waals surface area contributed by atoms with Gasteiger partial charge in [0, 0.05) is 16.1 Å². The lowest BCUT2D eigenvalue weighted by molar-refractivity contribution is 0.102. The van der Waals surface area contributed by atoms with Crippen molar-refractivity contribution in [2.75, 3.05) is 12.4 Å². The van der Waals surface area contributed by atoms with Gasteiger partial charge < -0.3 is 10.1 Å². The molecule has 0 aliphatic rings. The zero-order valence-corrected chi connectivity index (χ0v) is 13.3. The van der Waals surface area contributed by atoms with E-state index < -0.39 is 0 Å². The topological polar surface area (TPSA) is 38.3 Å². The molecule has 0 aliphatic carbocycles. The Morgan fingerprint density at radius 3 is 2.42 bits per heavy atom. The number of carbonyl (C=O) groups excluding carboxylic acids is 1. The molecule has 0 saturated heterocycles. The van der Waals surface area contributed by atoms with Gasteiger partial charge in [-0.2, -0.15) is 0 Å². The van der Waals surface area contributed by atoms with E-state index in [0.29, 0.717) is 17.0 Å². The van der Waals surface area contributed by atoms with E-state index in [1.165, 1.54) is 0 Å². The van der Waals surface area contributed by atoms with Crippen LogP contribution in [0.25, 0.3) is 0 Å². The summed E-state index contributed by atoms with van der Waals surface area (Å²) in [6, 6.07) is 12.6. The van der Waals surface area contributed by atoms with Crippen LogP contribution in [-0.4, -0.2) is 13.0 Å². The SMILES string of the molecule is COc1cc(NC(=O)c2ccccc2)c(Br)cc1Br. The first-order valence-electron chi connectivity index (χ1n) is 5.51. The van der Waals surface area contributed by atoms with E-state index >= 15 is 0 Å². The monoisotopic (exact) mass is 383 g/mol. The maximum Gasteiger partial charge on any atom is 0.255 e. The number of amides is 1. The highest BCUT2D eigenvalue weighted by molar-refractivity contribution is 9.11. The first kappa shape index (κ1) is 14.1. The van der Waals surface area contributed by atoms with Crippen molar-refractivity contribution >= 4 is 43.5 Å². The lowest BCUT2D eigenvalue weighted by atomic mass is 10.2. The fraction of sp³-hybridized carbons (Fsp3) is 0.0714. The lowest BCUT2D eigenvalue weighted by Crippen LogP contribution is -2.12. The van der Waals surface area contributed by atoms with Crippen molar-refractivity contribution in [3.63, 3.8) is 0 Å². The molecule has 19 heavy (non-hydrogen) atoms. The van der Waals surface area contributed by atoms with E-state index in [-0.39, 0.29) is 5.91 Å². The molecule has 2 aromatic carbocycles. The van der Waals surface area contributed by atoms with Crippen LogP contribution in [0.1, 0.15) is 10.4 Å². The van der Waals surface area contributed by atoms with Crippen molar-refractivity contribution in [2.45, 2.75) is 0 Å². The van der Waals surface area contributed by atoms with E-state index in [9.17, 15) is 4.79 Å². The van der Waals surface area contributed by atoms with Crippen molar-refractivity contribution in [2.24, 2.45) is 0 Å². The number of methoxy groups -OCH3 is 1. The normalized spacial score (nSPS) is 10.1. The van der Waals surface area contributed by atoms with Gasteiger partial charge in [-0.1, -0.05) is 18.2 Å². The van der Waals surface area contributed by atoms with Crippen LogP contribution in [0.15, 0.2) is 51.4 Å². The minimum Gasteiger partial charge on any atom is -0.495 e. The van der Waals surface area contributed by atoms with E-state index in [1.807, 2.05) is 24.3 Å². The minimum atomic E-state index is -0.161. The van der Waals surface area contributed by atoms with Crippen LogP contribution in [0.4, 0.5) is 5.69 Å². The fourth-order valence-electron chi connectivity index (χ4n) is 1.57. The molecule has 0 bridgehead atoms. The summed E-state index contributed by atoms with van der Waals surface area (Å²) in [5.41, 5.74) is 1.27. The van der Waals surface area contributed by atoms with Crippen LogP contribution in [-0.2, 0) is 0 Å². The van der Waals surface area contributed by atoms with Gasteiger partial charge in [-0.15, -0.1) is 0 Å². The molecule has 0 fully saturated rings. The molecule has 0 radical (unpaired) electrons. The maximum atomic E-state index is 12.1. The number of halogens is 2. The minimum absolute atomic E-state index is 0.161. The molecule has 2 aromatic rings. The number of carbonyl (C=O) groups is 1. The molecule has 1 amide bonds. The average molecular weight is 385 g/mol. The van der Waals surface area contributed by atoms with Crippen molar-refractivity contribution < 1.29 is 9.53 Å². The fourth-order valence-corrected chi connectivity index (χ4v) is 2.82. The number of rotatable bonds is 3. The second kappa shape index (κ2) is 6.21. The van der Waals surface area contributed by atoms with Gasteiger partial charge in [-0.25, -0.2) is 0 Å². The van der Waals surface area contributed by atoms with Gasteiger partial charge in [0.2, 0.25) is 0 Å². The number of ether oxygens (including phenoxy) is 1. The maximum absolute atomic E-state index is 12.1. The molecule has 98 valence electrons. The first-order chi connectivity index (χ1) is 9.11. The molecule has 0 saturated carbocycles. The summed E-state index contributed by atoms with van der Waals surface area (Å²) in [7, 11) is 1.58. The Labute approximate surface area is 128 Å². The molecular formula is C14H11Br2NO2. The molecule has 0 aliphatic heterocycles. The number of anilines is 1. The van der Waals surface area contributed by atoms with E-state index in [2.05, 4.69) is 37.2 Å². The number of nitrogens with one attached hydrogen (secondary N) is 1. The predicted octanol–water partition coefficient (Wildman–Crippen LogP) is 4.47. The van der Waals surface area contributed by atoms with Gasteiger partial charge in [0.05, 0.1) is 17.3 Å². The zero-order chi connectivity index (χ0) is 13.8. The van der Waals surface area contributed by atoms with Crippen molar-refractivity contribution in [1.29, 1.82) is 0 Å². The third-order valence-corrected chi connectivity index (χ3v) is 3.80. The smallest absolute Gasteiger partial charge is 0.255 e. The summed E-state index contributed by atoms with van der Waals surface area (Å²) in [5.74, 6) is 0.497. The molecule has 0 aromatic heterocycles. The Morgan fingerprint density at radius 1 is 1.11 bits per heavy atom. The lowest BCUT2D eigenvalue weighted by Gasteiger charge is -2.11. The third kappa shape index (κ3) is 3.36. The van der Waals surface area contributed by atoms with Crippen LogP contribution in [0.5, 0.6) is 5.75 Å². The summed E-state index contributed by atoms with van der Waals surface area (Å²) >= 11 is 6.80. The van der Waals surface area contributed by atoms with E-state index in [4.69, 9.17) is 4.74 Å². The van der Waals surface area contributed by atoms with Crippen molar-refractivity contribution in [3.8, 4) is 5.75 Å². The van der Waals surface area contributed by atoms with E-state index in [0.717, 1.165) is 8.95 Å². The van der Waals surface area contributed by atoms with Crippen molar-refractivity contribution in [1.82, 2.24) is 0 Å². The van der Waals surface area contributed by atoms with Crippen LogP contribution in [0.3, 0.4) is 0 Å². The third-order valence-electron chi connectivity index (χ3n) is 2.53. The molecule has 3 nitrogen and oxygen atoms in total. The summed E-state index contributed by atoms with van der Waals surface area (Å²) in [5, 5.41) is 2.84. The van der Waals surface area contributed by atoms with Crippen LogP contribution in [0, 0.1) is 0 Å². The molecule has 0 heterocycles. The Kier molecular flexibility index (Phi) is 4.61. The number of hydrogen-bond donors (Lipinski definition) is 1. The van der Waals surface area contributed by atoms with Gasteiger partial charge in [0.15, 0.2) is 0 Å². The van der Waals surface area contributed by atoms with Gasteiger partial charge >= 0.3 is 0 Å². The largest absolute Gasteiger partial charge is 0.495 e. The van der Waals surface area contributed by atoms with E-state index in [1.54, 1.807) is 25.3 Å². The molecular weight excluding hydrogens is 374 g/mol. The number of hydrogen-bond acceptors (Lipinski definition) is 2. The average Bonchev–Trinajstić information content (AvgIpc) is 2.42. The van der Waals surface area contributed by atoms with Crippen LogP contribution >= 0.6 is 31.9 Å². The highest BCUT2D eigenvalue weighted by Gasteiger charge is 2.11.